The summed E-state index contributed by atoms with van der Waals surface area (Å²) in [4.78, 5) is 16.0. The highest BCUT2D eigenvalue weighted by Crippen LogP contribution is 2.16. The highest BCUT2D eigenvalue weighted by molar-refractivity contribution is 7.15. The van der Waals surface area contributed by atoms with Crippen LogP contribution in [0.1, 0.15) is 16.1 Å². The van der Waals surface area contributed by atoms with Crippen LogP contribution in [0.2, 0.25) is 0 Å². The van der Waals surface area contributed by atoms with E-state index in [1.54, 1.807) is 29.5 Å². The van der Waals surface area contributed by atoms with Gasteiger partial charge in [-0.05, 0) is 12.1 Å². The molecule has 0 saturated carbocycles. The van der Waals surface area contributed by atoms with E-state index in [4.69, 9.17) is 4.74 Å². The minimum Gasteiger partial charge on any atom is -0.487 e. The van der Waals surface area contributed by atoms with E-state index < -0.39 is 0 Å². The topological polar surface area (TPSA) is 43.6 Å². The molecule has 2 aromatic heterocycles. The van der Waals surface area contributed by atoms with Crippen LogP contribution < -0.4 is 4.74 Å². The molecule has 2 heterocycles. The number of aldehydes is 1. The van der Waals surface area contributed by atoms with Crippen LogP contribution in [0.15, 0.2) is 42.0 Å². The standard InChI is InChI=1S/C13H10N2O2S/c16-8-10-2-1-3-12(6-10)17-9-11-7-15-4-5-18-13(15)14-11/h1-8H,9H2. The average Bonchev–Trinajstić information content (AvgIpc) is 2.97. The van der Waals surface area contributed by atoms with Gasteiger partial charge in [0, 0.05) is 23.3 Å². The van der Waals surface area contributed by atoms with E-state index in [-0.39, 0.29) is 0 Å². The first-order valence-corrected chi connectivity index (χ1v) is 6.32. The van der Waals surface area contributed by atoms with Crippen molar-refractivity contribution >= 4 is 22.6 Å². The third-order valence-electron chi connectivity index (χ3n) is 2.52. The molecule has 4 nitrogen and oxygen atoms in total. The molecule has 0 atom stereocenters. The van der Waals surface area contributed by atoms with E-state index >= 15 is 0 Å². The number of hydrogen-bond donors (Lipinski definition) is 0. The first-order valence-electron chi connectivity index (χ1n) is 5.44. The van der Waals surface area contributed by atoms with Gasteiger partial charge in [0.15, 0.2) is 4.96 Å². The third-order valence-corrected chi connectivity index (χ3v) is 3.29. The fourth-order valence-corrected chi connectivity index (χ4v) is 2.40. The van der Waals surface area contributed by atoms with Crippen molar-refractivity contribution in [1.29, 1.82) is 0 Å². The smallest absolute Gasteiger partial charge is 0.193 e. The van der Waals surface area contributed by atoms with E-state index in [2.05, 4.69) is 4.98 Å². The molecule has 90 valence electrons. The SMILES string of the molecule is O=Cc1cccc(OCc2cn3ccsc3n2)c1. The molecule has 1 aromatic carbocycles. The monoisotopic (exact) mass is 258 g/mol. The fraction of sp³-hybridized carbons (Fsp3) is 0.0769. The van der Waals surface area contributed by atoms with E-state index in [9.17, 15) is 4.79 Å². The van der Waals surface area contributed by atoms with Gasteiger partial charge in [-0.1, -0.05) is 12.1 Å². The second-order valence-electron chi connectivity index (χ2n) is 3.80. The van der Waals surface area contributed by atoms with Crippen molar-refractivity contribution < 1.29 is 9.53 Å². The van der Waals surface area contributed by atoms with Gasteiger partial charge >= 0.3 is 0 Å². The molecule has 0 amide bonds. The quantitative estimate of drug-likeness (QED) is 0.676. The molecule has 0 fully saturated rings. The summed E-state index contributed by atoms with van der Waals surface area (Å²) < 4.78 is 7.57. The number of benzene rings is 1. The summed E-state index contributed by atoms with van der Waals surface area (Å²) >= 11 is 1.59. The molecule has 18 heavy (non-hydrogen) atoms. The normalized spacial score (nSPS) is 10.7. The summed E-state index contributed by atoms with van der Waals surface area (Å²) in [6.45, 7) is 0.400. The number of carbonyl (C=O) groups is 1. The number of fused-ring (bicyclic) bond motifs is 1. The molecular weight excluding hydrogens is 248 g/mol. The average molecular weight is 258 g/mol. The van der Waals surface area contributed by atoms with Crippen LogP contribution in [-0.4, -0.2) is 15.7 Å². The van der Waals surface area contributed by atoms with Gasteiger partial charge in [0.25, 0.3) is 0 Å². The summed E-state index contributed by atoms with van der Waals surface area (Å²) in [5.41, 5.74) is 1.48. The molecule has 3 rings (SSSR count). The van der Waals surface area contributed by atoms with Gasteiger partial charge in [-0.2, -0.15) is 0 Å². The number of ether oxygens (including phenoxy) is 1. The maximum atomic E-state index is 10.6. The largest absolute Gasteiger partial charge is 0.487 e. The molecule has 0 N–H and O–H groups in total. The Balaban J connectivity index is 1.73. The number of imidazole rings is 1. The van der Waals surface area contributed by atoms with Crippen molar-refractivity contribution in [1.82, 2.24) is 9.38 Å². The van der Waals surface area contributed by atoms with Crippen LogP contribution in [0, 0.1) is 0 Å². The van der Waals surface area contributed by atoms with Crippen LogP contribution >= 0.6 is 11.3 Å². The van der Waals surface area contributed by atoms with Crippen LogP contribution in [0.4, 0.5) is 0 Å². The van der Waals surface area contributed by atoms with Gasteiger partial charge in [0.05, 0.1) is 5.69 Å². The Hall–Kier alpha value is -2.14. The van der Waals surface area contributed by atoms with Gasteiger partial charge in [-0.3, -0.25) is 9.20 Å². The van der Waals surface area contributed by atoms with Crippen LogP contribution in [0.25, 0.3) is 4.96 Å². The third kappa shape index (κ3) is 2.12. The minimum absolute atomic E-state index is 0.400. The van der Waals surface area contributed by atoms with Gasteiger partial charge in [-0.25, -0.2) is 4.98 Å². The lowest BCUT2D eigenvalue weighted by Crippen LogP contribution is -1.96. The predicted molar refractivity (Wildman–Crippen MR) is 69.2 cm³/mol. The number of thiazole rings is 1. The Labute approximate surface area is 107 Å². The summed E-state index contributed by atoms with van der Waals surface area (Å²) in [6.07, 6.45) is 4.71. The lowest BCUT2D eigenvalue weighted by atomic mass is 10.2. The number of rotatable bonds is 4. The molecule has 0 radical (unpaired) electrons. The van der Waals surface area contributed by atoms with Crippen molar-refractivity contribution in [3.8, 4) is 5.75 Å². The zero-order chi connectivity index (χ0) is 12.4. The molecule has 5 heteroatoms. The Morgan fingerprint density at radius 2 is 2.39 bits per heavy atom. The lowest BCUT2D eigenvalue weighted by molar-refractivity contribution is 0.112. The first kappa shape index (κ1) is 11.0. The molecule has 0 aliphatic rings. The summed E-state index contributed by atoms with van der Waals surface area (Å²) in [7, 11) is 0. The lowest BCUT2D eigenvalue weighted by Gasteiger charge is -2.03. The van der Waals surface area contributed by atoms with Crippen molar-refractivity contribution in [2.45, 2.75) is 6.61 Å². The van der Waals surface area contributed by atoms with Crippen molar-refractivity contribution in [3.05, 3.63) is 53.3 Å². The summed E-state index contributed by atoms with van der Waals surface area (Å²) in [5, 5.41) is 1.99. The zero-order valence-electron chi connectivity index (χ0n) is 9.45. The molecule has 0 bridgehead atoms. The maximum absolute atomic E-state index is 10.6. The predicted octanol–water partition coefficient (Wildman–Crippen LogP) is 2.79. The van der Waals surface area contributed by atoms with Gasteiger partial charge in [-0.15, -0.1) is 11.3 Å². The second kappa shape index (κ2) is 4.62. The number of nitrogens with zero attached hydrogens (tertiary/aromatic N) is 2. The Kier molecular flexibility index (Phi) is 2.82. The van der Waals surface area contributed by atoms with Crippen LogP contribution in [-0.2, 0) is 6.61 Å². The Morgan fingerprint density at radius 3 is 3.22 bits per heavy atom. The molecule has 0 saturated heterocycles. The molecule has 0 aliphatic carbocycles. The number of aromatic nitrogens is 2. The Morgan fingerprint density at radius 1 is 1.44 bits per heavy atom. The van der Waals surface area contributed by atoms with Crippen LogP contribution in [0.5, 0.6) is 5.75 Å². The van der Waals surface area contributed by atoms with Crippen molar-refractivity contribution in [3.63, 3.8) is 0 Å². The molecule has 0 spiro atoms. The molecule has 0 unspecified atom stereocenters. The zero-order valence-corrected chi connectivity index (χ0v) is 10.3. The minimum atomic E-state index is 0.400. The van der Waals surface area contributed by atoms with Crippen LogP contribution in [0.3, 0.4) is 0 Å². The molecule has 0 aliphatic heterocycles. The number of carbonyl (C=O) groups excluding carboxylic acids is 1. The van der Waals surface area contributed by atoms with Gasteiger partial charge in [0.1, 0.15) is 18.6 Å². The van der Waals surface area contributed by atoms with Gasteiger partial charge in [0.2, 0.25) is 0 Å². The maximum Gasteiger partial charge on any atom is 0.193 e. The molecule has 3 aromatic rings. The van der Waals surface area contributed by atoms with Crippen molar-refractivity contribution in [2.24, 2.45) is 0 Å². The Bertz CT molecular complexity index is 658. The highest BCUT2D eigenvalue weighted by atomic mass is 32.1. The highest BCUT2D eigenvalue weighted by Gasteiger charge is 2.03. The van der Waals surface area contributed by atoms with E-state index in [1.165, 1.54) is 0 Å². The number of hydrogen-bond acceptors (Lipinski definition) is 4. The molecular formula is C13H10N2O2S. The first-order chi connectivity index (χ1) is 8.85. The van der Waals surface area contributed by atoms with E-state index in [0.717, 1.165) is 16.9 Å². The van der Waals surface area contributed by atoms with E-state index in [0.29, 0.717) is 17.9 Å². The van der Waals surface area contributed by atoms with Gasteiger partial charge < -0.3 is 4.74 Å². The second-order valence-corrected chi connectivity index (χ2v) is 4.68. The summed E-state index contributed by atoms with van der Waals surface area (Å²) in [5.74, 6) is 0.677. The van der Waals surface area contributed by atoms with E-state index in [1.807, 2.05) is 28.2 Å². The van der Waals surface area contributed by atoms with Crippen molar-refractivity contribution in [2.75, 3.05) is 0 Å². The summed E-state index contributed by atoms with van der Waals surface area (Å²) in [6, 6.07) is 7.08. The fourth-order valence-electron chi connectivity index (χ4n) is 1.68.